The predicted octanol–water partition coefficient (Wildman–Crippen LogP) is 1.26. The van der Waals surface area contributed by atoms with Gasteiger partial charge in [-0.2, -0.15) is 0 Å². The first-order valence-corrected chi connectivity index (χ1v) is 6.23. The van der Waals surface area contributed by atoms with Gasteiger partial charge in [-0.1, -0.05) is 0 Å². The molecule has 0 aromatic rings. The molecule has 16 heavy (non-hydrogen) atoms. The van der Waals surface area contributed by atoms with E-state index >= 15 is 0 Å². The molecule has 0 atom stereocenters. The highest BCUT2D eigenvalue weighted by Crippen LogP contribution is 1.94. The number of hydrogen-bond donors (Lipinski definition) is 1. The molecule has 0 aromatic carbocycles. The van der Waals surface area contributed by atoms with Crippen LogP contribution in [0.4, 0.5) is 0 Å². The molecule has 0 rings (SSSR count). The first-order chi connectivity index (χ1) is 7.76. The Morgan fingerprint density at radius 2 is 1.88 bits per heavy atom. The van der Waals surface area contributed by atoms with Crippen LogP contribution in [0.1, 0.15) is 33.1 Å². The molecule has 0 saturated carbocycles. The second-order valence-corrected chi connectivity index (χ2v) is 3.80. The first kappa shape index (κ1) is 15.4. The standard InChI is InChI=1S/C12H26N2O2/c1-4-14(5-2)12(15)11-13-9-7-6-8-10-16-3/h13H,4-11H2,1-3H3. The summed E-state index contributed by atoms with van der Waals surface area (Å²) in [6.45, 7) is 7.81. The number of unbranched alkanes of at least 4 members (excludes halogenated alkanes) is 2. The maximum atomic E-state index is 11.6. The third-order valence-electron chi connectivity index (χ3n) is 2.59. The van der Waals surface area contributed by atoms with Crippen molar-refractivity contribution in [3.63, 3.8) is 0 Å². The molecule has 4 heteroatoms. The van der Waals surface area contributed by atoms with Gasteiger partial charge in [0.2, 0.25) is 5.91 Å². The minimum Gasteiger partial charge on any atom is -0.385 e. The molecule has 0 unspecified atom stereocenters. The Balaban J connectivity index is 3.33. The summed E-state index contributed by atoms with van der Waals surface area (Å²) in [5.41, 5.74) is 0. The quantitative estimate of drug-likeness (QED) is 0.575. The molecule has 0 fully saturated rings. The summed E-state index contributed by atoms with van der Waals surface area (Å²) in [6.07, 6.45) is 3.36. The molecular formula is C12H26N2O2. The highest BCUT2D eigenvalue weighted by molar-refractivity contribution is 5.78. The van der Waals surface area contributed by atoms with Crippen molar-refractivity contribution in [1.82, 2.24) is 10.2 Å². The van der Waals surface area contributed by atoms with E-state index in [1.165, 1.54) is 0 Å². The molecule has 0 aliphatic heterocycles. The van der Waals surface area contributed by atoms with Crippen LogP contribution in [0, 0.1) is 0 Å². The van der Waals surface area contributed by atoms with Gasteiger partial charge in [-0.25, -0.2) is 0 Å². The van der Waals surface area contributed by atoms with Crippen molar-refractivity contribution < 1.29 is 9.53 Å². The number of rotatable bonds is 10. The second kappa shape index (κ2) is 10.9. The number of carbonyl (C=O) groups is 1. The summed E-state index contributed by atoms with van der Waals surface area (Å²) >= 11 is 0. The van der Waals surface area contributed by atoms with E-state index in [2.05, 4.69) is 5.32 Å². The average Bonchev–Trinajstić information content (AvgIpc) is 2.29. The summed E-state index contributed by atoms with van der Waals surface area (Å²) in [6, 6.07) is 0. The predicted molar refractivity (Wildman–Crippen MR) is 66.5 cm³/mol. The molecule has 0 aromatic heterocycles. The summed E-state index contributed by atoms with van der Waals surface area (Å²) in [4.78, 5) is 13.4. The number of nitrogens with one attached hydrogen (secondary N) is 1. The Morgan fingerprint density at radius 1 is 1.19 bits per heavy atom. The van der Waals surface area contributed by atoms with E-state index in [-0.39, 0.29) is 5.91 Å². The van der Waals surface area contributed by atoms with Crippen LogP contribution in [0.25, 0.3) is 0 Å². The smallest absolute Gasteiger partial charge is 0.236 e. The van der Waals surface area contributed by atoms with E-state index < -0.39 is 0 Å². The van der Waals surface area contributed by atoms with Crippen molar-refractivity contribution in [2.75, 3.05) is 39.9 Å². The van der Waals surface area contributed by atoms with Crippen molar-refractivity contribution in [3.05, 3.63) is 0 Å². The lowest BCUT2D eigenvalue weighted by molar-refractivity contribution is -0.129. The monoisotopic (exact) mass is 230 g/mol. The van der Waals surface area contributed by atoms with Crippen LogP contribution in [0.15, 0.2) is 0 Å². The lowest BCUT2D eigenvalue weighted by Crippen LogP contribution is -2.38. The number of nitrogens with zero attached hydrogens (tertiary/aromatic N) is 1. The van der Waals surface area contributed by atoms with Crippen molar-refractivity contribution in [2.45, 2.75) is 33.1 Å². The third-order valence-corrected chi connectivity index (χ3v) is 2.59. The molecule has 0 saturated heterocycles. The van der Waals surface area contributed by atoms with Gasteiger partial charge in [0.25, 0.3) is 0 Å². The van der Waals surface area contributed by atoms with Gasteiger partial charge in [0.05, 0.1) is 6.54 Å². The highest BCUT2D eigenvalue weighted by Gasteiger charge is 2.07. The van der Waals surface area contributed by atoms with Gasteiger partial charge in [0.15, 0.2) is 0 Å². The molecule has 96 valence electrons. The zero-order valence-corrected chi connectivity index (χ0v) is 10.9. The SMILES string of the molecule is CCN(CC)C(=O)CNCCCCCOC. The van der Waals surface area contributed by atoms with E-state index in [9.17, 15) is 4.79 Å². The van der Waals surface area contributed by atoms with Crippen LogP contribution in [-0.2, 0) is 9.53 Å². The number of carbonyl (C=O) groups excluding carboxylic acids is 1. The number of ether oxygens (including phenoxy) is 1. The van der Waals surface area contributed by atoms with Crippen molar-refractivity contribution in [2.24, 2.45) is 0 Å². The van der Waals surface area contributed by atoms with Crippen LogP contribution < -0.4 is 5.32 Å². The minimum absolute atomic E-state index is 0.196. The van der Waals surface area contributed by atoms with Gasteiger partial charge in [0, 0.05) is 26.8 Å². The lowest BCUT2D eigenvalue weighted by Gasteiger charge is -2.18. The van der Waals surface area contributed by atoms with Crippen molar-refractivity contribution >= 4 is 5.91 Å². The Kier molecular flexibility index (Phi) is 10.5. The Hall–Kier alpha value is -0.610. The fourth-order valence-electron chi connectivity index (χ4n) is 1.56. The van der Waals surface area contributed by atoms with Crippen LogP contribution in [-0.4, -0.2) is 50.7 Å². The van der Waals surface area contributed by atoms with Crippen molar-refractivity contribution in [1.29, 1.82) is 0 Å². The fourth-order valence-corrected chi connectivity index (χ4v) is 1.56. The van der Waals surface area contributed by atoms with Gasteiger partial charge in [0.1, 0.15) is 0 Å². The van der Waals surface area contributed by atoms with Crippen LogP contribution in [0.2, 0.25) is 0 Å². The van der Waals surface area contributed by atoms with Crippen molar-refractivity contribution in [3.8, 4) is 0 Å². The molecule has 0 aliphatic carbocycles. The number of hydrogen-bond acceptors (Lipinski definition) is 3. The molecule has 0 radical (unpaired) electrons. The van der Waals surface area contributed by atoms with Crippen LogP contribution in [0.3, 0.4) is 0 Å². The minimum atomic E-state index is 0.196. The highest BCUT2D eigenvalue weighted by atomic mass is 16.5. The topological polar surface area (TPSA) is 41.6 Å². The van der Waals surface area contributed by atoms with Gasteiger partial charge in [-0.15, -0.1) is 0 Å². The molecule has 1 N–H and O–H groups in total. The maximum absolute atomic E-state index is 11.6. The first-order valence-electron chi connectivity index (χ1n) is 6.23. The Morgan fingerprint density at radius 3 is 2.44 bits per heavy atom. The van der Waals surface area contributed by atoms with E-state index in [4.69, 9.17) is 4.74 Å². The zero-order chi connectivity index (χ0) is 12.2. The molecule has 0 heterocycles. The number of amides is 1. The Bertz CT molecular complexity index is 170. The molecule has 0 spiro atoms. The second-order valence-electron chi connectivity index (χ2n) is 3.80. The summed E-state index contributed by atoms with van der Waals surface area (Å²) in [7, 11) is 1.72. The lowest BCUT2D eigenvalue weighted by atomic mass is 10.2. The van der Waals surface area contributed by atoms with Gasteiger partial charge in [-0.3, -0.25) is 4.79 Å². The molecule has 0 aliphatic rings. The molecule has 4 nitrogen and oxygen atoms in total. The van der Waals surface area contributed by atoms with E-state index in [0.717, 1.165) is 45.5 Å². The summed E-state index contributed by atoms with van der Waals surface area (Å²) in [5.74, 6) is 0.196. The molecular weight excluding hydrogens is 204 g/mol. The number of likely N-dealkylation sites (N-methyl/N-ethyl adjacent to an activating group) is 1. The van der Waals surface area contributed by atoms with Gasteiger partial charge in [-0.05, 0) is 39.7 Å². The van der Waals surface area contributed by atoms with E-state index in [1.807, 2.05) is 18.7 Å². The zero-order valence-electron chi connectivity index (χ0n) is 10.9. The van der Waals surface area contributed by atoms with E-state index in [1.54, 1.807) is 7.11 Å². The summed E-state index contributed by atoms with van der Waals surface area (Å²) < 4.78 is 4.97. The van der Waals surface area contributed by atoms with Crippen LogP contribution in [0.5, 0.6) is 0 Å². The fraction of sp³-hybridized carbons (Fsp3) is 0.917. The summed E-state index contributed by atoms with van der Waals surface area (Å²) in [5, 5.41) is 3.18. The van der Waals surface area contributed by atoms with E-state index in [0.29, 0.717) is 6.54 Å². The molecule has 0 bridgehead atoms. The Labute approximate surface area is 99.3 Å². The number of methoxy groups -OCH3 is 1. The third kappa shape index (κ3) is 7.65. The average molecular weight is 230 g/mol. The molecule has 1 amide bonds. The largest absolute Gasteiger partial charge is 0.385 e. The maximum Gasteiger partial charge on any atom is 0.236 e. The van der Waals surface area contributed by atoms with Crippen LogP contribution >= 0.6 is 0 Å². The normalized spacial score (nSPS) is 10.4. The van der Waals surface area contributed by atoms with Gasteiger partial charge < -0.3 is 15.0 Å². The van der Waals surface area contributed by atoms with Gasteiger partial charge >= 0.3 is 0 Å².